The Balaban J connectivity index is 0.00000220. The van der Waals surface area contributed by atoms with Gasteiger partial charge in [0.25, 0.3) is 0 Å². The minimum atomic E-state index is -4.47. The molecule has 0 bridgehead atoms. The standard InChI is InChI=1S/C13H13F3N2O2.ClH/c1-20-12(19)9(17)5-7-6-18-10-4-2-3-8(11(7)10)13(14,15)16;/h2-4,6,9,18H,5,17H2,1H3;1H. The summed E-state index contributed by atoms with van der Waals surface area (Å²) in [4.78, 5) is 14.0. The van der Waals surface area contributed by atoms with E-state index in [-0.39, 0.29) is 24.2 Å². The molecule has 8 heteroatoms. The Morgan fingerprint density at radius 1 is 1.43 bits per heavy atom. The second-order valence-electron chi connectivity index (χ2n) is 4.37. The second-order valence-corrected chi connectivity index (χ2v) is 4.37. The van der Waals surface area contributed by atoms with E-state index in [0.29, 0.717) is 11.1 Å². The average Bonchev–Trinajstić information content (AvgIpc) is 2.79. The molecule has 0 saturated heterocycles. The Kier molecular flexibility index (Phi) is 5.25. The van der Waals surface area contributed by atoms with Crippen LogP contribution in [0.5, 0.6) is 0 Å². The fraction of sp³-hybridized carbons (Fsp3) is 0.308. The number of halogens is 4. The van der Waals surface area contributed by atoms with Gasteiger partial charge in [-0.05, 0) is 17.7 Å². The van der Waals surface area contributed by atoms with Crippen molar-refractivity contribution in [3.63, 3.8) is 0 Å². The highest BCUT2D eigenvalue weighted by Crippen LogP contribution is 2.36. The lowest BCUT2D eigenvalue weighted by Gasteiger charge is -2.12. The predicted octanol–water partition coefficient (Wildman–Crippen LogP) is 2.65. The minimum absolute atomic E-state index is 0. The van der Waals surface area contributed by atoms with Crippen molar-refractivity contribution in [2.24, 2.45) is 5.73 Å². The first-order chi connectivity index (χ1) is 9.34. The van der Waals surface area contributed by atoms with Crippen LogP contribution in [0.4, 0.5) is 13.2 Å². The summed E-state index contributed by atoms with van der Waals surface area (Å²) in [6, 6.07) is 2.87. The number of benzene rings is 1. The largest absolute Gasteiger partial charge is 0.468 e. The summed E-state index contributed by atoms with van der Waals surface area (Å²) in [7, 11) is 1.18. The number of nitrogens with one attached hydrogen (secondary N) is 1. The highest BCUT2D eigenvalue weighted by molar-refractivity contribution is 5.88. The number of nitrogens with two attached hydrogens (primary N) is 1. The number of aromatic amines is 1. The zero-order chi connectivity index (χ0) is 14.9. The molecule has 4 nitrogen and oxygen atoms in total. The average molecular weight is 323 g/mol. The van der Waals surface area contributed by atoms with Crippen molar-refractivity contribution >= 4 is 29.3 Å². The molecule has 2 aromatic rings. The van der Waals surface area contributed by atoms with Gasteiger partial charge in [0.15, 0.2) is 0 Å². The molecular formula is C13H14ClF3N2O2. The number of carbonyl (C=O) groups excluding carboxylic acids is 1. The number of aromatic nitrogens is 1. The molecular weight excluding hydrogens is 309 g/mol. The minimum Gasteiger partial charge on any atom is -0.468 e. The monoisotopic (exact) mass is 322 g/mol. The van der Waals surface area contributed by atoms with Crippen LogP contribution in [0, 0.1) is 0 Å². The van der Waals surface area contributed by atoms with Crippen molar-refractivity contribution in [1.82, 2.24) is 4.98 Å². The maximum absolute atomic E-state index is 13.0. The lowest BCUT2D eigenvalue weighted by atomic mass is 10.0. The molecule has 2 rings (SSSR count). The van der Waals surface area contributed by atoms with E-state index in [1.807, 2.05) is 0 Å². The number of hydrogen-bond donors (Lipinski definition) is 2. The van der Waals surface area contributed by atoms with Crippen LogP contribution in [0.2, 0.25) is 0 Å². The molecule has 1 atom stereocenters. The quantitative estimate of drug-likeness (QED) is 0.854. The van der Waals surface area contributed by atoms with Gasteiger partial charge < -0.3 is 15.5 Å². The van der Waals surface area contributed by atoms with Gasteiger partial charge in [-0.1, -0.05) is 6.07 Å². The van der Waals surface area contributed by atoms with Crippen LogP contribution < -0.4 is 5.73 Å². The fourth-order valence-electron chi connectivity index (χ4n) is 2.12. The zero-order valence-corrected chi connectivity index (χ0v) is 11.8. The van der Waals surface area contributed by atoms with Crippen molar-refractivity contribution in [1.29, 1.82) is 0 Å². The number of methoxy groups -OCH3 is 1. The Hall–Kier alpha value is -1.73. The molecule has 3 N–H and O–H groups in total. The molecule has 0 radical (unpaired) electrons. The maximum atomic E-state index is 13.0. The first-order valence-corrected chi connectivity index (χ1v) is 5.84. The van der Waals surface area contributed by atoms with Gasteiger partial charge in [-0.3, -0.25) is 4.79 Å². The number of alkyl halides is 3. The predicted molar refractivity (Wildman–Crippen MR) is 74.2 cm³/mol. The van der Waals surface area contributed by atoms with Crippen LogP contribution in [-0.4, -0.2) is 24.1 Å². The summed E-state index contributed by atoms with van der Waals surface area (Å²) < 4.78 is 43.5. The van der Waals surface area contributed by atoms with Crippen LogP contribution in [0.3, 0.4) is 0 Å². The van der Waals surface area contributed by atoms with Crippen LogP contribution in [-0.2, 0) is 22.1 Å². The number of hydrogen-bond acceptors (Lipinski definition) is 3. The SMILES string of the molecule is COC(=O)C(N)Cc1c[nH]c2cccc(C(F)(F)F)c12.Cl. The molecule has 0 spiro atoms. The molecule has 0 saturated carbocycles. The van der Waals surface area contributed by atoms with Crippen molar-refractivity contribution in [3.05, 3.63) is 35.5 Å². The number of ether oxygens (including phenoxy) is 1. The molecule has 1 heterocycles. The summed E-state index contributed by atoms with van der Waals surface area (Å²) in [6.07, 6.45) is -3.06. The van der Waals surface area contributed by atoms with Gasteiger partial charge in [-0.15, -0.1) is 12.4 Å². The van der Waals surface area contributed by atoms with E-state index >= 15 is 0 Å². The third kappa shape index (κ3) is 3.48. The van der Waals surface area contributed by atoms with Crippen molar-refractivity contribution in [2.45, 2.75) is 18.6 Å². The van der Waals surface area contributed by atoms with E-state index in [1.165, 1.54) is 25.4 Å². The van der Waals surface area contributed by atoms with Gasteiger partial charge in [-0.25, -0.2) is 0 Å². The zero-order valence-electron chi connectivity index (χ0n) is 11.0. The molecule has 0 fully saturated rings. The molecule has 21 heavy (non-hydrogen) atoms. The lowest BCUT2D eigenvalue weighted by Crippen LogP contribution is -2.33. The van der Waals surface area contributed by atoms with E-state index in [4.69, 9.17) is 5.73 Å². The van der Waals surface area contributed by atoms with Crippen LogP contribution >= 0.6 is 12.4 Å². The maximum Gasteiger partial charge on any atom is 0.417 e. The Morgan fingerprint density at radius 2 is 2.10 bits per heavy atom. The van der Waals surface area contributed by atoms with Crippen molar-refractivity contribution < 1.29 is 22.7 Å². The Morgan fingerprint density at radius 3 is 2.67 bits per heavy atom. The number of esters is 1. The van der Waals surface area contributed by atoms with E-state index in [9.17, 15) is 18.0 Å². The van der Waals surface area contributed by atoms with Crippen LogP contribution in [0.15, 0.2) is 24.4 Å². The molecule has 0 amide bonds. The van der Waals surface area contributed by atoms with Crippen LogP contribution in [0.1, 0.15) is 11.1 Å². The van der Waals surface area contributed by atoms with Crippen molar-refractivity contribution in [3.8, 4) is 0 Å². The molecule has 1 aromatic heterocycles. The molecule has 1 aromatic carbocycles. The van der Waals surface area contributed by atoms with Gasteiger partial charge in [0, 0.05) is 23.5 Å². The molecule has 0 aliphatic rings. The van der Waals surface area contributed by atoms with Gasteiger partial charge in [0.2, 0.25) is 0 Å². The molecule has 116 valence electrons. The molecule has 1 unspecified atom stereocenters. The van der Waals surface area contributed by atoms with Gasteiger partial charge in [0.05, 0.1) is 12.7 Å². The Bertz CT molecular complexity index is 640. The van der Waals surface area contributed by atoms with Gasteiger partial charge in [0.1, 0.15) is 6.04 Å². The number of carbonyl (C=O) groups is 1. The summed E-state index contributed by atoms with van der Waals surface area (Å²) in [5.41, 5.74) is 5.54. The number of H-pyrrole nitrogens is 1. The molecule has 0 aliphatic carbocycles. The summed E-state index contributed by atoms with van der Waals surface area (Å²) in [5, 5.41) is 0.0411. The van der Waals surface area contributed by atoms with E-state index in [1.54, 1.807) is 0 Å². The summed E-state index contributed by atoms with van der Waals surface area (Å²) >= 11 is 0. The second kappa shape index (κ2) is 6.36. The Labute approximate surface area is 124 Å². The molecule has 0 aliphatic heterocycles. The first kappa shape index (κ1) is 17.3. The lowest BCUT2D eigenvalue weighted by molar-refractivity contribution is -0.142. The number of rotatable bonds is 3. The third-order valence-electron chi connectivity index (χ3n) is 3.04. The van der Waals surface area contributed by atoms with Gasteiger partial charge >= 0.3 is 12.1 Å². The highest BCUT2D eigenvalue weighted by Gasteiger charge is 2.34. The number of fused-ring (bicyclic) bond motifs is 1. The van der Waals surface area contributed by atoms with E-state index < -0.39 is 23.8 Å². The normalized spacial score (nSPS) is 12.8. The van der Waals surface area contributed by atoms with Crippen molar-refractivity contribution in [2.75, 3.05) is 7.11 Å². The summed E-state index contributed by atoms with van der Waals surface area (Å²) in [5.74, 6) is -0.663. The van der Waals surface area contributed by atoms with E-state index in [0.717, 1.165) is 6.07 Å². The first-order valence-electron chi connectivity index (χ1n) is 5.84. The highest BCUT2D eigenvalue weighted by atomic mass is 35.5. The third-order valence-corrected chi connectivity index (χ3v) is 3.04. The van der Waals surface area contributed by atoms with Crippen LogP contribution in [0.25, 0.3) is 10.9 Å². The smallest absolute Gasteiger partial charge is 0.417 e. The van der Waals surface area contributed by atoms with Gasteiger partial charge in [-0.2, -0.15) is 13.2 Å². The topological polar surface area (TPSA) is 68.1 Å². The fourth-order valence-corrected chi connectivity index (χ4v) is 2.12. The van der Waals surface area contributed by atoms with E-state index in [2.05, 4.69) is 9.72 Å². The summed E-state index contributed by atoms with van der Waals surface area (Å²) in [6.45, 7) is 0.